The molecular weight excluding hydrogens is 352 g/mol. The van der Waals surface area contributed by atoms with Crippen LogP contribution in [0.25, 0.3) is 0 Å². The Kier molecular flexibility index (Phi) is 7.73. The summed E-state index contributed by atoms with van der Waals surface area (Å²) in [6.07, 6.45) is 19.8. The predicted molar refractivity (Wildman–Crippen MR) is 123 cm³/mol. The minimum Gasteiger partial charge on any atom is -0.378 e. The van der Waals surface area contributed by atoms with Crippen molar-refractivity contribution in [2.24, 2.45) is 23.7 Å². The van der Waals surface area contributed by atoms with E-state index in [2.05, 4.69) is 32.0 Å². The van der Waals surface area contributed by atoms with Gasteiger partial charge in [-0.3, -0.25) is 0 Å². The van der Waals surface area contributed by atoms with Gasteiger partial charge in [-0.05, 0) is 117 Å². The Bertz CT molecular complexity index is 635. The lowest BCUT2D eigenvalue weighted by atomic mass is 9.62. The maximum Gasteiger partial charge on any atom is 0.0578 e. The zero-order valence-electron chi connectivity index (χ0n) is 19.1. The molecular formula is C28H44O. The van der Waals surface area contributed by atoms with Crippen LogP contribution in [-0.2, 0) is 24.0 Å². The van der Waals surface area contributed by atoms with E-state index >= 15 is 0 Å². The van der Waals surface area contributed by atoms with Gasteiger partial charge >= 0.3 is 0 Å². The molecule has 5 atom stereocenters. The maximum atomic E-state index is 6.10. The highest BCUT2D eigenvalue weighted by Gasteiger charge is 2.38. The zero-order chi connectivity index (χ0) is 20.1. The van der Waals surface area contributed by atoms with Crippen LogP contribution < -0.4 is 0 Å². The summed E-state index contributed by atoms with van der Waals surface area (Å²) in [6, 6.07) is 7.48. The van der Waals surface area contributed by atoms with Crippen LogP contribution in [0, 0.1) is 23.7 Å². The fourth-order valence-corrected chi connectivity index (χ4v) is 6.72. The summed E-state index contributed by atoms with van der Waals surface area (Å²) in [7, 11) is 0. The molecule has 162 valence electrons. The lowest BCUT2D eigenvalue weighted by Gasteiger charge is -2.45. The van der Waals surface area contributed by atoms with Crippen molar-refractivity contribution in [3.63, 3.8) is 0 Å². The fourth-order valence-electron chi connectivity index (χ4n) is 6.72. The second-order valence-electron chi connectivity index (χ2n) is 10.5. The average molecular weight is 397 g/mol. The lowest BCUT2D eigenvalue weighted by molar-refractivity contribution is -0.0236. The summed E-state index contributed by atoms with van der Waals surface area (Å²) < 4.78 is 6.10. The molecule has 1 aromatic carbocycles. The van der Waals surface area contributed by atoms with E-state index in [4.69, 9.17) is 4.74 Å². The zero-order valence-corrected chi connectivity index (χ0v) is 19.1. The SMILES string of the molecule is CCCCCc1ccc2c(c1)CCC(C1CCC3C[C@H](OCCC)CC[C@@H]3C1)C2. The Morgan fingerprint density at radius 2 is 1.59 bits per heavy atom. The summed E-state index contributed by atoms with van der Waals surface area (Å²) in [5.74, 6) is 3.89. The van der Waals surface area contributed by atoms with Crippen molar-refractivity contribution in [1.82, 2.24) is 0 Å². The summed E-state index contributed by atoms with van der Waals surface area (Å²) in [6.45, 7) is 5.49. The van der Waals surface area contributed by atoms with Crippen LogP contribution in [0.1, 0.15) is 101 Å². The molecule has 3 aliphatic rings. The third-order valence-electron chi connectivity index (χ3n) is 8.44. The smallest absolute Gasteiger partial charge is 0.0578 e. The third-order valence-corrected chi connectivity index (χ3v) is 8.44. The Morgan fingerprint density at radius 3 is 2.41 bits per heavy atom. The van der Waals surface area contributed by atoms with Crippen molar-refractivity contribution in [1.29, 1.82) is 0 Å². The monoisotopic (exact) mass is 396 g/mol. The van der Waals surface area contributed by atoms with Crippen LogP contribution in [0.3, 0.4) is 0 Å². The van der Waals surface area contributed by atoms with Gasteiger partial charge in [0.15, 0.2) is 0 Å². The van der Waals surface area contributed by atoms with Gasteiger partial charge in [0.05, 0.1) is 6.10 Å². The van der Waals surface area contributed by atoms with Gasteiger partial charge in [-0.1, -0.05) is 44.9 Å². The summed E-state index contributed by atoms with van der Waals surface area (Å²) in [4.78, 5) is 0. The van der Waals surface area contributed by atoms with Crippen LogP contribution in [0.2, 0.25) is 0 Å². The molecule has 2 saturated carbocycles. The normalized spacial score (nSPS) is 31.9. The van der Waals surface area contributed by atoms with E-state index in [0.29, 0.717) is 6.10 Å². The molecule has 0 radical (unpaired) electrons. The predicted octanol–water partition coefficient (Wildman–Crippen LogP) is 7.54. The van der Waals surface area contributed by atoms with Crippen molar-refractivity contribution in [2.75, 3.05) is 6.61 Å². The van der Waals surface area contributed by atoms with Crippen molar-refractivity contribution < 1.29 is 4.74 Å². The Balaban J connectivity index is 1.29. The van der Waals surface area contributed by atoms with E-state index in [1.165, 1.54) is 83.5 Å². The largest absolute Gasteiger partial charge is 0.378 e. The van der Waals surface area contributed by atoms with Gasteiger partial charge in [0.2, 0.25) is 0 Å². The van der Waals surface area contributed by atoms with Crippen LogP contribution >= 0.6 is 0 Å². The highest BCUT2D eigenvalue weighted by Crippen LogP contribution is 2.47. The van der Waals surface area contributed by atoms with Gasteiger partial charge < -0.3 is 4.74 Å². The van der Waals surface area contributed by atoms with Gasteiger partial charge in [0, 0.05) is 6.61 Å². The Hall–Kier alpha value is -0.820. The molecule has 4 rings (SSSR count). The summed E-state index contributed by atoms with van der Waals surface area (Å²) in [5.41, 5.74) is 4.94. The van der Waals surface area contributed by atoms with Crippen LogP contribution in [0.15, 0.2) is 18.2 Å². The highest BCUT2D eigenvalue weighted by atomic mass is 16.5. The molecule has 0 saturated heterocycles. The first-order chi connectivity index (χ1) is 14.3. The number of unbranched alkanes of at least 4 members (excludes halogenated alkanes) is 2. The highest BCUT2D eigenvalue weighted by molar-refractivity contribution is 5.34. The number of hydrogen-bond acceptors (Lipinski definition) is 1. The van der Waals surface area contributed by atoms with Gasteiger partial charge in [-0.25, -0.2) is 0 Å². The summed E-state index contributed by atoms with van der Waals surface area (Å²) in [5, 5.41) is 0. The Labute approximate surface area is 180 Å². The molecule has 0 amide bonds. The van der Waals surface area contributed by atoms with E-state index in [9.17, 15) is 0 Å². The lowest BCUT2D eigenvalue weighted by Crippen LogP contribution is -2.37. The molecule has 2 fully saturated rings. The standard InChI is InChI=1S/C28H44O/c1-3-5-6-7-21-8-9-23-18-24(11-10-22(23)17-21)25-12-13-27-20-28(29-16-4-2)15-14-26(27)19-25/h8-9,17,24-28H,3-7,10-16,18-20H2,1-2H3/t24?,25?,26-,27?,28-/m1/s1. The van der Waals surface area contributed by atoms with E-state index in [1.54, 1.807) is 16.7 Å². The first-order valence-corrected chi connectivity index (χ1v) is 13.0. The second-order valence-corrected chi connectivity index (χ2v) is 10.5. The minimum absolute atomic E-state index is 0.570. The molecule has 0 spiro atoms. The number of ether oxygens (including phenoxy) is 1. The first kappa shape index (κ1) is 21.4. The molecule has 0 heterocycles. The number of fused-ring (bicyclic) bond motifs is 2. The molecule has 0 bridgehead atoms. The van der Waals surface area contributed by atoms with Gasteiger partial charge in [0.1, 0.15) is 0 Å². The molecule has 0 aromatic heterocycles. The van der Waals surface area contributed by atoms with E-state index < -0.39 is 0 Å². The molecule has 29 heavy (non-hydrogen) atoms. The first-order valence-electron chi connectivity index (χ1n) is 13.0. The van der Waals surface area contributed by atoms with Gasteiger partial charge in [0.25, 0.3) is 0 Å². The molecule has 0 N–H and O–H groups in total. The molecule has 1 aromatic rings. The van der Waals surface area contributed by atoms with Crippen molar-refractivity contribution in [3.8, 4) is 0 Å². The van der Waals surface area contributed by atoms with E-state index in [1.807, 2.05) is 0 Å². The quantitative estimate of drug-likeness (QED) is 0.412. The van der Waals surface area contributed by atoms with Gasteiger partial charge in [-0.15, -0.1) is 0 Å². The Morgan fingerprint density at radius 1 is 0.793 bits per heavy atom. The average Bonchev–Trinajstić information content (AvgIpc) is 2.77. The molecule has 0 aliphatic heterocycles. The third kappa shape index (κ3) is 5.46. The van der Waals surface area contributed by atoms with Crippen molar-refractivity contribution >= 4 is 0 Å². The summed E-state index contributed by atoms with van der Waals surface area (Å²) >= 11 is 0. The number of hydrogen-bond donors (Lipinski definition) is 0. The van der Waals surface area contributed by atoms with E-state index in [0.717, 1.165) is 36.7 Å². The van der Waals surface area contributed by atoms with Crippen LogP contribution in [0.5, 0.6) is 0 Å². The van der Waals surface area contributed by atoms with Gasteiger partial charge in [-0.2, -0.15) is 0 Å². The van der Waals surface area contributed by atoms with Crippen molar-refractivity contribution in [2.45, 2.75) is 110 Å². The van der Waals surface area contributed by atoms with Crippen molar-refractivity contribution in [3.05, 3.63) is 34.9 Å². The number of rotatable bonds is 8. The maximum absolute atomic E-state index is 6.10. The minimum atomic E-state index is 0.570. The van der Waals surface area contributed by atoms with E-state index in [-0.39, 0.29) is 0 Å². The second kappa shape index (κ2) is 10.5. The topological polar surface area (TPSA) is 9.23 Å². The number of aryl methyl sites for hydroxylation is 2. The molecule has 1 heteroatoms. The van der Waals surface area contributed by atoms with Crippen LogP contribution in [-0.4, -0.2) is 12.7 Å². The number of benzene rings is 1. The van der Waals surface area contributed by atoms with Crippen LogP contribution in [0.4, 0.5) is 0 Å². The molecule has 1 nitrogen and oxygen atoms in total. The molecule has 3 unspecified atom stereocenters. The molecule has 3 aliphatic carbocycles. The fraction of sp³-hybridized carbons (Fsp3) is 0.786.